The van der Waals surface area contributed by atoms with Crippen LogP contribution in [0.1, 0.15) is 31.0 Å². The lowest BCUT2D eigenvalue weighted by Gasteiger charge is -2.16. The molecule has 0 aliphatic heterocycles. The second kappa shape index (κ2) is 9.19. The molecule has 1 atom stereocenters. The van der Waals surface area contributed by atoms with Gasteiger partial charge in [0.1, 0.15) is 11.8 Å². The van der Waals surface area contributed by atoms with E-state index in [1.54, 1.807) is 24.5 Å². The Labute approximate surface area is 141 Å². The summed E-state index contributed by atoms with van der Waals surface area (Å²) >= 11 is 5.95. The number of halogens is 1. The third-order valence-electron chi connectivity index (χ3n) is 3.48. The van der Waals surface area contributed by atoms with E-state index in [0.717, 1.165) is 38.0 Å². The maximum Gasteiger partial charge on any atom is 0.138 e. The van der Waals surface area contributed by atoms with Crippen molar-refractivity contribution in [3.05, 3.63) is 47.0 Å². The molecule has 0 spiro atoms. The van der Waals surface area contributed by atoms with Crippen molar-refractivity contribution in [3.63, 3.8) is 0 Å². The van der Waals surface area contributed by atoms with Gasteiger partial charge in [0, 0.05) is 35.9 Å². The molecular formula is C17H21ClN4O. The number of hydrogen-bond donors (Lipinski definition) is 2. The molecule has 23 heavy (non-hydrogen) atoms. The highest BCUT2D eigenvalue weighted by molar-refractivity contribution is 6.30. The van der Waals surface area contributed by atoms with Gasteiger partial charge >= 0.3 is 0 Å². The molecule has 0 bridgehead atoms. The molecule has 2 N–H and O–H groups in total. The fraction of sp³-hybridized carbons (Fsp3) is 0.412. The largest absolute Gasteiger partial charge is 0.489 e. The molecule has 0 aliphatic rings. The van der Waals surface area contributed by atoms with Crippen LogP contribution in [-0.2, 0) is 6.42 Å². The number of ether oxygens (including phenoxy) is 1. The molecule has 0 aliphatic carbocycles. The highest BCUT2D eigenvalue weighted by atomic mass is 35.5. The van der Waals surface area contributed by atoms with Gasteiger partial charge in [-0.2, -0.15) is 5.26 Å². The van der Waals surface area contributed by atoms with Crippen LogP contribution in [0.4, 0.5) is 0 Å². The summed E-state index contributed by atoms with van der Waals surface area (Å²) < 4.78 is 5.83. The Hall–Kier alpha value is -2.03. The number of imidazole rings is 1. The minimum Gasteiger partial charge on any atom is -0.489 e. The molecule has 122 valence electrons. The maximum atomic E-state index is 9.08. The zero-order valence-electron chi connectivity index (χ0n) is 13.2. The second-order valence-corrected chi connectivity index (χ2v) is 5.84. The quantitative estimate of drug-likeness (QED) is 0.691. The standard InChI is InChI=1S/C17H21ClN4O/c1-13(23-17-9-15(18)5-4-14(17)10-19)3-2-7-20-8-6-16-11-21-12-22-16/h4-5,9,11-13,20H,2-3,6-8H2,1H3,(H,21,22)/t13-/m1/s1. The highest BCUT2D eigenvalue weighted by Crippen LogP contribution is 2.24. The zero-order valence-corrected chi connectivity index (χ0v) is 13.9. The summed E-state index contributed by atoms with van der Waals surface area (Å²) in [6.07, 6.45) is 6.44. The van der Waals surface area contributed by atoms with Crippen LogP contribution in [0.2, 0.25) is 5.02 Å². The molecule has 0 saturated heterocycles. The van der Waals surface area contributed by atoms with Crippen molar-refractivity contribution in [3.8, 4) is 11.8 Å². The maximum absolute atomic E-state index is 9.08. The first-order valence-electron chi connectivity index (χ1n) is 7.73. The first kappa shape index (κ1) is 17.3. The van der Waals surface area contributed by atoms with Gasteiger partial charge in [-0.05, 0) is 38.4 Å². The predicted molar refractivity (Wildman–Crippen MR) is 90.7 cm³/mol. The second-order valence-electron chi connectivity index (χ2n) is 5.40. The average Bonchev–Trinajstić information content (AvgIpc) is 3.04. The Morgan fingerprint density at radius 1 is 1.43 bits per heavy atom. The first-order valence-corrected chi connectivity index (χ1v) is 8.11. The smallest absolute Gasteiger partial charge is 0.138 e. The van der Waals surface area contributed by atoms with Crippen LogP contribution in [0, 0.1) is 11.3 Å². The predicted octanol–water partition coefficient (Wildman–Crippen LogP) is 3.31. The molecular weight excluding hydrogens is 312 g/mol. The minimum absolute atomic E-state index is 0.0370. The summed E-state index contributed by atoms with van der Waals surface area (Å²) in [7, 11) is 0. The van der Waals surface area contributed by atoms with E-state index >= 15 is 0 Å². The van der Waals surface area contributed by atoms with Crippen LogP contribution in [0.5, 0.6) is 5.75 Å². The summed E-state index contributed by atoms with van der Waals surface area (Å²) in [5.74, 6) is 0.555. The van der Waals surface area contributed by atoms with Crippen LogP contribution < -0.4 is 10.1 Å². The van der Waals surface area contributed by atoms with Gasteiger partial charge in [-0.25, -0.2) is 4.98 Å². The lowest BCUT2D eigenvalue weighted by Crippen LogP contribution is -2.21. The van der Waals surface area contributed by atoms with Gasteiger partial charge in [0.15, 0.2) is 0 Å². The third kappa shape index (κ3) is 5.93. The van der Waals surface area contributed by atoms with Gasteiger partial charge in [-0.3, -0.25) is 0 Å². The number of benzene rings is 1. The summed E-state index contributed by atoms with van der Waals surface area (Å²) in [5, 5.41) is 13.1. The summed E-state index contributed by atoms with van der Waals surface area (Å²) in [5.41, 5.74) is 1.65. The van der Waals surface area contributed by atoms with Gasteiger partial charge in [-0.1, -0.05) is 11.6 Å². The Morgan fingerprint density at radius 3 is 3.04 bits per heavy atom. The van der Waals surface area contributed by atoms with Gasteiger partial charge < -0.3 is 15.0 Å². The summed E-state index contributed by atoms with van der Waals surface area (Å²) in [6.45, 7) is 3.86. The molecule has 2 rings (SSSR count). The monoisotopic (exact) mass is 332 g/mol. The molecule has 1 heterocycles. The topological polar surface area (TPSA) is 73.7 Å². The fourth-order valence-corrected chi connectivity index (χ4v) is 2.41. The van der Waals surface area contributed by atoms with E-state index in [4.69, 9.17) is 21.6 Å². The van der Waals surface area contributed by atoms with Crippen LogP contribution in [-0.4, -0.2) is 29.2 Å². The lowest BCUT2D eigenvalue weighted by molar-refractivity contribution is 0.207. The van der Waals surface area contributed by atoms with E-state index in [2.05, 4.69) is 21.4 Å². The molecule has 5 nitrogen and oxygen atoms in total. The zero-order chi connectivity index (χ0) is 16.5. The van der Waals surface area contributed by atoms with E-state index < -0.39 is 0 Å². The molecule has 1 aromatic heterocycles. The van der Waals surface area contributed by atoms with E-state index in [9.17, 15) is 0 Å². The van der Waals surface area contributed by atoms with E-state index in [0.29, 0.717) is 16.3 Å². The van der Waals surface area contributed by atoms with Gasteiger partial charge in [0.25, 0.3) is 0 Å². The molecule has 0 fully saturated rings. The Balaban J connectivity index is 1.64. The highest BCUT2D eigenvalue weighted by Gasteiger charge is 2.09. The Morgan fingerprint density at radius 2 is 2.30 bits per heavy atom. The van der Waals surface area contributed by atoms with Gasteiger partial charge in [0.2, 0.25) is 0 Å². The Kier molecular flexibility index (Phi) is 6.92. The molecule has 0 radical (unpaired) electrons. The molecule has 0 unspecified atom stereocenters. The van der Waals surface area contributed by atoms with Crippen molar-refractivity contribution >= 4 is 11.6 Å². The Bertz CT molecular complexity index is 637. The van der Waals surface area contributed by atoms with Crippen LogP contribution in [0.25, 0.3) is 0 Å². The molecule has 0 saturated carbocycles. The number of hydrogen-bond acceptors (Lipinski definition) is 4. The number of aromatic nitrogens is 2. The number of rotatable bonds is 9. The number of nitrogens with zero attached hydrogens (tertiary/aromatic N) is 2. The first-order chi connectivity index (χ1) is 11.2. The van der Waals surface area contributed by atoms with Crippen molar-refractivity contribution < 1.29 is 4.74 Å². The van der Waals surface area contributed by atoms with Crippen LogP contribution in [0.15, 0.2) is 30.7 Å². The number of H-pyrrole nitrogens is 1. The lowest BCUT2D eigenvalue weighted by atomic mass is 10.2. The summed E-state index contributed by atoms with van der Waals surface area (Å²) in [6, 6.07) is 7.19. The molecule has 2 aromatic rings. The van der Waals surface area contributed by atoms with Gasteiger partial charge in [-0.15, -0.1) is 0 Å². The van der Waals surface area contributed by atoms with E-state index in [1.807, 2.05) is 13.1 Å². The molecule has 6 heteroatoms. The van der Waals surface area contributed by atoms with E-state index in [-0.39, 0.29) is 6.10 Å². The average molecular weight is 333 g/mol. The van der Waals surface area contributed by atoms with E-state index in [1.165, 1.54) is 0 Å². The van der Waals surface area contributed by atoms with Gasteiger partial charge in [0.05, 0.1) is 18.0 Å². The SMILES string of the molecule is C[C@H](CCCNCCc1cnc[nH]1)Oc1cc(Cl)ccc1C#N. The van der Waals surface area contributed by atoms with Crippen LogP contribution in [0.3, 0.4) is 0 Å². The van der Waals surface area contributed by atoms with Crippen molar-refractivity contribution in [1.82, 2.24) is 15.3 Å². The number of aromatic amines is 1. The van der Waals surface area contributed by atoms with Crippen molar-refractivity contribution in [1.29, 1.82) is 5.26 Å². The van der Waals surface area contributed by atoms with Crippen molar-refractivity contribution in [2.24, 2.45) is 0 Å². The minimum atomic E-state index is 0.0370. The van der Waals surface area contributed by atoms with Crippen molar-refractivity contribution in [2.75, 3.05) is 13.1 Å². The third-order valence-corrected chi connectivity index (χ3v) is 3.72. The normalized spacial score (nSPS) is 11.9. The number of nitriles is 1. The molecule has 1 aromatic carbocycles. The fourth-order valence-electron chi connectivity index (χ4n) is 2.25. The van der Waals surface area contributed by atoms with Crippen LogP contribution >= 0.6 is 11.6 Å². The summed E-state index contributed by atoms with van der Waals surface area (Å²) in [4.78, 5) is 7.07. The number of nitrogens with one attached hydrogen (secondary N) is 2. The molecule has 0 amide bonds. The van der Waals surface area contributed by atoms with Crippen molar-refractivity contribution in [2.45, 2.75) is 32.3 Å².